The van der Waals surface area contributed by atoms with Gasteiger partial charge in [-0.2, -0.15) is 0 Å². The van der Waals surface area contributed by atoms with Gasteiger partial charge in [0, 0.05) is 25.6 Å². The average molecular weight is 344 g/mol. The summed E-state index contributed by atoms with van der Waals surface area (Å²) in [6.07, 6.45) is 8.03. The first-order valence-corrected chi connectivity index (χ1v) is 10.0. The molecular weight excluding hydrogens is 312 g/mol. The fourth-order valence-electron chi connectivity index (χ4n) is 3.95. The van der Waals surface area contributed by atoms with Crippen molar-refractivity contribution in [1.29, 1.82) is 0 Å². The van der Waals surface area contributed by atoms with Crippen LogP contribution in [0.5, 0.6) is 5.75 Å². The molecule has 2 heterocycles. The van der Waals surface area contributed by atoms with Crippen molar-refractivity contribution in [2.24, 2.45) is 5.92 Å². The molecule has 1 amide bonds. The van der Waals surface area contributed by atoms with Gasteiger partial charge in [0.1, 0.15) is 5.75 Å². The maximum Gasteiger partial charge on any atom is 0.225 e. The number of amides is 1. The van der Waals surface area contributed by atoms with Gasteiger partial charge < -0.3 is 14.5 Å². The second kappa shape index (κ2) is 9.81. The number of nitrogens with zero attached hydrogens (tertiary/aromatic N) is 2. The largest absolute Gasteiger partial charge is 0.494 e. The molecule has 138 valence electrons. The summed E-state index contributed by atoms with van der Waals surface area (Å²) in [5.74, 6) is 1.63. The van der Waals surface area contributed by atoms with Crippen molar-refractivity contribution in [1.82, 2.24) is 9.80 Å². The molecule has 2 fully saturated rings. The highest BCUT2D eigenvalue weighted by Gasteiger charge is 2.28. The van der Waals surface area contributed by atoms with Gasteiger partial charge in [0.05, 0.1) is 6.61 Å². The second-order valence-electron chi connectivity index (χ2n) is 7.37. The molecule has 3 rings (SSSR count). The van der Waals surface area contributed by atoms with Gasteiger partial charge in [-0.25, -0.2) is 0 Å². The molecular formula is C21H32N2O2. The Morgan fingerprint density at radius 1 is 0.960 bits per heavy atom. The molecule has 1 aromatic rings. The van der Waals surface area contributed by atoms with Crippen molar-refractivity contribution < 1.29 is 9.53 Å². The van der Waals surface area contributed by atoms with E-state index in [1.54, 1.807) is 0 Å². The van der Waals surface area contributed by atoms with E-state index in [1.807, 2.05) is 30.3 Å². The summed E-state index contributed by atoms with van der Waals surface area (Å²) >= 11 is 0. The van der Waals surface area contributed by atoms with Crippen LogP contribution in [0.25, 0.3) is 0 Å². The lowest BCUT2D eigenvalue weighted by Crippen LogP contribution is -2.43. The highest BCUT2D eigenvalue weighted by atomic mass is 16.5. The van der Waals surface area contributed by atoms with Crippen molar-refractivity contribution in [3.8, 4) is 5.75 Å². The molecule has 0 bridgehead atoms. The standard InChI is InChI=1S/C21H32N2O2/c24-21(23-14-6-1-2-7-15-23)19-11-16-22(17-12-19)13-8-18-25-20-9-4-3-5-10-20/h3-5,9-10,19H,1-2,6-8,11-18H2. The van der Waals surface area contributed by atoms with E-state index < -0.39 is 0 Å². The molecule has 4 nitrogen and oxygen atoms in total. The molecule has 0 spiro atoms. The first-order valence-electron chi connectivity index (χ1n) is 10.0. The quantitative estimate of drug-likeness (QED) is 0.740. The Kier molecular flexibility index (Phi) is 7.16. The van der Waals surface area contributed by atoms with Crippen LogP contribution in [0.4, 0.5) is 0 Å². The van der Waals surface area contributed by atoms with E-state index in [0.29, 0.717) is 5.91 Å². The molecule has 0 aromatic heterocycles. The van der Waals surface area contributed by atoms with Crippen LogP contribution in [-0.2, 0) is 4.79 Å². The van der Waals surface area contributed by atoms with Crippen LogP contribution in [0.3, 0.4) is 0 Å². The lowest BCUT2D eigenvalue weighted by Gasteiger charge is -2.34. The molecule has 2 aliphatic rings. The van der Waals surface area contributed by atoms with Crippen molar-refractivity contribution in [2.45, 2.75) is 44.9 Å². The SMILES string of the molecule is O=C(C1CCN(CCCOc2ccccc2)CC1)N1CCCCCC1. The minimum atomic E-state index is 0.259. The summed E-state index contributed by atoms with van der Waals surface area (Å²) in [7, 11) is 0. The summed E-state index contributed by atoms with van der Waals surface area (Å²) in [5.41, 5.74) is 0. The zero-order valence-electron chi connectivity index (χ0n) is 15.4. The molecule has 25 heavy (non-hydrogen) atoms. The number of hydrogen-bond acceptors (Lipinski definition) is 3. The Bertz CT molecular complexity index is 504. The van der Waals surface area contributed by atoms with E-state index in [4.69, 9.17) is 4.74 Å². The van der Waals surface area contributed by atoms with Crippen LogP contribution in [0, 0.1) is 5.92 Å². The Balaban J connectivity index is 1.32. The molecule has 0 saturated carbocycles. The van der Waals surface area contributed by atoms with Gasteiger partial charge in [0.2, 0.25) is 5.91 Å². The van der Waals surface area contributed by atoms with Gasteiger partial charge in [-0.1, -0.05) is 31.0 Å². The number of benzene rings is 1. The van der Waals surface area contributed by atoms with E-state index in [1.165, 1.54) is 25.7 Å². The van der Waals surface area contributed by atoms with Gasteiger partial charge in [-0.15, -0.1) is 0 Å². The molecule has 4 heteroatoms. The van der Waals surface area contributed by atoms with Crippen molar-refractivity contribution in [2.75, 3.05) is 39.3 Å². The minimum absolute atomic E-state index is 0.259. The van der Waals surface area contributed by atoms with Crippen molar-refractivity contribution >= 4 is 5.91 Å². The summed E-state index contributed by atoms with van der Waals surface area (Å²) in [6.45, 7) is 5.89. The van der Waals surface area contributed by atoms with Gasteiger partial charge in [-0.05, 0) is 57.3 Å². The van der Waals surface area contributed by atoms with Gasteiger partial charge in [0.25, 0.3) is 0 Å². The van der Waals surface area contributed by atoms with E-state index in [-0.39, 0.29) is 5.92 Å². The number of rotatable bonds is 6. The molecule has 2 aliphatic heterocycles. The fourth-order valence-corrected chi connectivity index (χ4v) is 3.95. The minimum Gasteiger partial charge on any atom is -0.494 e. The summed E-state index contributed by atoms with van der Waals surface area (Å²) in [4.78, 5) is 17.3. The Hall–Kier alpha value is -1.55. The topological polar surface area (TPSA) is 32.8 Å². The molecule has 0 unspecified atom stereocenters. The van der Waals surface area contributed by atoms with Crippen LogP contribution in [-0.4, -0.2) is 55.0 Å². The smallest absolute Gasteiger partial charge is 0.225 e. The van der Waals surface area contributed by atoms with Crippen molar-refractivity contribution in [3.05, 3.63) is 30.3 Å². The van der Waals surface area contributed by atoms with Crippen LogP contribution in [0.2, 0.25) is 0 Å². The molecule has 1 aromatic carbocycles. The highest BCUT2D eigenvalue weighted by molar-refractivity contribution is 5.79. The number of ether oxygens (including phenoxy) is 1. The van der Waals surface area contributed by atoms with Crippen LogP contribution >= 0.6 is 0 Å². The predicted octanol–water partition coefficient (Wildman–Crippen LogP) is 3.57. The summed E-state index contributed by atoms with van der Waals surface area (Å²) in [5, 5.41) is 0. The fraction of sp³-hybridized carbons (Fsp3) is 0.667. The first kappa shape index (κ1) is 18.2. The molecule has 0 radical (unpaired) electrons. The normalized spacial score (nSPS) is 20.2. The second-order valence-corrected chi connectivity index (χ2v) is 7.37. The average Bonchev–Trinajstić information content (AvgIpc) is 2.95. The van der Waals surface area contributed by atoms with Crippen LogP contribution < -0.4 is 4.74 Å². The Labute approximate surface area is 152 Å². The number of carbonyl (C=O) groups excluding carboxylic acids is 1. The summed E-state index contributed by atoms with van der Waals surface area (Å²) < 4.78 is 5.76. The summed E-state index contributed by atoms with van der Waals surface area (Å²) in [6, 6.07) is 10.0. The van der Waals surface area contributed by atoms with E-state index in [9.17, 15) is 4.79 Å². The van der Waals surface area contributed by atoms with E-state index in [0.717, 1.165) is 64.3 Å². The highest BCUT2D eigenvalue weighted by Crippen LogP contribution is 2.22. The lowest BCUT2D eigenvalue weighted by molar-refractivity contribution is -0.137. The van der Waals surface area contributed by atoms with Gasteiger partial charge in [0.15, 0.2) is 0 Å². The molecule has 2 saturated heterocycles. The van der Waals surface area contributed by atoms with Crippen molar-refractivity contribution in [3.63, 3.8) is 0 Å². The third-order valence-corrected chi connectivity index (χ3v) is 5.49. The third kappa shape index (κ3) is 5.74. The third-order valence-electron chi connectivity index (χ3n) is 5.49. The van der Waals surface area contributed by atoms with Crippen LogP contribution in [0.15, 0.2) is 30.3 Å². The number of carbonyl (C=O) groups is 1. The monoisotopic (exact) mass is 344 g/mol. The maximum absolute atomic E-state index is 12.7. The zero-order chi connectivity index (χ0) is 17.3. The lowest BCUT2D eigenvalue weighted by atomic mass is 9.95. The van der Waals surface area contributed by atoms with E-state index in [2.05, 4.69) is 9.80 Å². The van der Waals surface area contributed by atoms with Gasteiger partial charge >= 0.3 is 0 Å². The van der Waals surface area contributed by atoms with Gasteiger partial charge in [-0.3, -0.25) is 4.79 Å². The molecule has 0 aliphatic carbocycles. The predicted molar refractivity (Wildman–Crippen MR) is 101 cm³/mol. The maximum atomic E-state index is 12.7. The molecule has 0 N–H and O–H groups in total. The Morgan fingerprint density at radius 2 is 1.64 bits per heavy atom. The number of likely N-dealkylation sites (tertiary alicyclic amines) is 2. The first-order chi connectivity index (χ1) is 12.3. The molecule has 0 atom stereocenters. The number of hydrogen-bond donors (Lipinski definition) is 0. The number of para-hydroxylation sites is 1. The number of piperidine rings is 1. The van der Waals surface area contributed by atoms with Crippen LogP contribution in [0.1, 0.15) is 44.9 Å². The van der Waals surface area contributed by atoms with E-state index >= 15 is 0 Å². The zero-order valence-corrected chi connectivity index (χ0v) is 15.4. The Morgan fingerprint density at radius 3 is 2.32 bits per heavy atom.